The minimum absolute atomic E-state index is 0.262. The Morgan fingerprint density at radius 3 is 2.71 bits per heavy atom. The average Bonchev–Trinajstić information content (AvgIpc) is 3.02. The van der Waals surface area contributed by atoms with Crippen molar-refractivity contribution in [3.05, 3.63) is 35.3 Å². The Morgan fingerprint density at radius 2 is 2.04 bits per heavy atom. The largest absolute Gasteiger partial charge is 0.493 e. The van der Waals surface area contributed by atoms with Crippen LogP contribution in [0.4, 0.5) is 5.88 Å². The third kappa shape index (κ3) is 4.29. The maximum atomic E-state index is 9.13. The Labute approximate surface area is 141 Å². The summed E-state index contributed by atoms with van der Waals surface area (Å²) in [5, 5.41) is 12.2. The van der Waals surface area contributed by atoms with Crippen molar-refractivity contribution in [1.82, 2.24) is 4.98 Å². The molecule has 0 fully saturated rings. The molecule has 24 heavy (non-hydrogen) atoms. The molecule has 1 aromatic carbocycles. The Hall–Kier alpha value is -2.94. The Morgan fingerprint density at radius 1 is 1.25 bits per heavy atom. The van der Waals surface area contributed by atoms with Gasteiger partial charge >= 0.3 is 0 Å². The van der Waals surface area contributed by atoms with E-state index in [0.29, 0.717) is 23.3 Å². The highest BCUT2D eigenvalue weighted by molar-refractivity contribution is 5.68. The molecule has 0 atom stereocenters. The lowest BCUT2D eigenvalue weighted by Gasteiger charge is -2.07. The van der Waals surface area contributed by atoms with E-state index >= 15 is 0 Å². The highest BCUT2D eigenvalue weighted by Crippen LogP contribution is 2.28. The molecule has 0 bridgehead atoms. The summed E-state index contributed by atoms with van der Waals surface area (Å²) in [5.74, 6) is 2.10. The van der Waals surface area contributed by atoms with Crippen LogP contribution in [0, 0.1) is 11.3 Å². The fourth-order valence-corrected chi connectivity index (χ4v) is 2.11. The van der Waals surface area contributed by atoms with Crippen molar-refractivity contribution >= 4 is 18.0 Å². The van der Waals surface area contributed by atoms with E-state index in [1.807, 2.05) is 30.3 Å². The number of oxazole rings is 1. The molecule has 126 valence electrons. The van der Waals surface area contributed by atoms with Crippen LogP contribution in [0.25, 0.3) is 12.2 Å². The van der Waals surface area contributed by atoms with E-state index in [9.17, 15) is 0 Å². The monoisotopic (exact) mass is 327 g/mol. The van der Waals surface area contributed by atoms with E-state index in [0.717, 1.165) is 24.9 Å². The molecular weight excluding hydrogens is 306 g/mol. The summed E-state index contributed by atoms with van der Waals surface area (Å²) in [6, 6.07) is 7.61. The van der Waals surface area contributed by atoms with Crippen molar-refractivity contribution in [2.24, 2.45) is 0 Å². The minimum atomic E-state index is 0.262. The van der Waals surface area contributed by atoms with Gasteiger partial charge in [0.15, 0.2) is 11.5 Å². The molecule has 1 N–H and O–H groups in total. The fraction of sp³-hybridized carbons (Fsp3) is 0.333. The lowest BCUT2D eigenvalue weighted by molar-refractivity contribution is 0.355. The standard InChI is InChI=1S/C18H21N3O3/c1-4-5-10-20-18-14(12-19)21-17(24-18)9-7-13-6-8-15(22-2)16(11-13)23-3/h6-9,11,20H,4-5,10H2,1-3H3/b9-7+. The molecule has 1 aromatic heterocycles. The third-order valence-corrected chi connectivity index (χ3v) is 3.39. The van der Waals surface area contributed by atoms with Crippen LogP contribution in [0.1, 0.15) is 36.9 Å². The predicted octanol–water partition coefficient (Wildman–Crippen LogP) is 3.95. The molecule has 0 aliphatic carbocycles. The van der Waals surface area contributed by atoms with Crippen molar-refractivity contribution in [3.8, 4) is 17.6 Å². The molecule has 0 radical (unpaired) electrons. The predicted molar refractivity (Wildman–Crippen MR) is 93.1 cm³/mol. The highest BCUT2D eigenvalue weighted by Gasteiger charge is 2.10. The molecule has 0 spiro atoms. The van der Waals surface area contributed by atoms with Crippen LogP contribution in [0.2, 0.25) is 0 Å². The van der Waals surface area contributed by atoms with E-state index in [4.69, 9.17) is 19.2 Å². The van der Waals surface area contributed by atoms with Crippen LogP contribution >= 0.6 is 0 Å². The van der Waals surface area contributed by atoms with Crippen molar-refractivity contribution in [2.75, 3.05) is 26.1 Å². The summed E-state index contributed by atoms with van der Waals surface area (Å²) in [7, 11) is 3.18. The van der Waals surface area contributed by atoms with Crippen molar-refractivity contribution in [3.63, 3.8) is 0 Å². The summed E-state index contributed by atoms with van der Waals surface area (Å²) in [4.78, 5) is 4.17. The summed E-state index contributed by atoms with van der Waals surface area (Å²) < 4.78 is 16.1. The van der Waals surface area contributed by atoms with Crippen molar-refractivity contribution in [1.29, 1.82) is 5.26 Å². The number of unbranched alkanes of at least 4 members (excludes halogenated alkanes) is 1. The Balaban J connectivity index is 2.15. The molecule has 0 saturated carbocycles. The number of hydrogen-bond donors (Lipinski definition) is 1. The number of nitrogens with one attached hydrogen (secondary N) is 1. The van der Waals surface area contributed by atoms with Crippen LogP contribution < -0.4 is 14.8 Å². The highest BCUT2D eigenvalue weighted by atomic mass is 16.5. The zero-order valence-corrected chi connectivity index (χ0v) is 14.1. The maximum Gasteiger partial charge on any atom is 0.232 e. The number of ether oxygens (including phenoxy) is 2. The summed E-state index contributed by atoms with van der Waals surface area (Å²) >= 11 is 0. The number of anilines is 1. The van der Waals surface area contributed by atoms with Gasteiger partial charge in [-0.25, -0.2) is 0 Å². The van der Waals surface area contributed by atoms with E-state index in [-0.39, 0.29) is 5.69 Å². The zero-order valence-electron chi connectivity index (χ0n) is 14.1. The smallest absolute Gasteiger partial charge is 0.232 e. The molecule has 2 rings (SSSR count). The molecule has 0 aliphatic rings. The molecule has 0 saturated heterocycles. The second-order valence-corrected chi connectivity index (χ2v) is 5.07. The topological polar surface area (TPSA) is 80.3 Å². The first-order chi connectivity index (χ1) is 11.7. The SMILES string of the molecule is CCCCNc1oc(/C=C/c2ccc(OC)c(OC)c2)nc1C#N. The van der Waals surface area contributed by atoms with Crippen LogP contribution in [0.3, 0.4) is 0 Å². The lowest BCUT2D eigenvalue weighted by atomic mass is 10.2. The number of benzene rings is 1. The van der Waals surface area contributed by atoms with Gasteiger partial charge < -0.3 is 19.2 Å². The quantitative estimate of drug-likeness (QED) is 0.740. The first kappa shape index (κ1) is 17.4. The number of methoxy groups -OCH3 is 2. The average molecular weight is 327 g/mol. The number of nitriles is 1. The van der Waals surface area contributed by atoms with Gasteiger partial charge in [0, 0.05) is 12.6 Å². The van der Waals surface area contributed by atoms with Gasteiger partial charge in [-0.15, -0.1) is 0 Å². The van der Waals surface area contributed by atoms with Gasteiger partial charge in [0.2, 0.25) is 17.5 Å². The van der Waals surface area contributed by atoms with Gasteiger partial charge in [0.05, 0.1) is 14.2 Å². The molecule has 1 heterocycles. The second-order valence-electron chi connectivity index (χ2n) is 5.07. The van der Waals surface area contributed by atoms with E-state index < -0.39 is 0 Å². The van der Waals surface area contributed by atoms with Gasteiger partial charge in [-0.2, -0.15) is 10.2 Å². The Bertz CT molecular complexity index is 744. The molecule has 2 aromatic rings. The molecule has 0 aliphatic heterocycles. The first-order valence-electron chi connectivity index (χ1n) is 7.76. The molecular formula is C18H21N3O3. The van der Waals surface area contributed by atoms with Gasteiger partial charge in [0.1, 0.15) is 6.07 Å². The maximum absolute atomic E-state index is 9.13. The number of rotatable bonds is 8. The van der Waals surface area contributed by atoms with Crippen molar-refractivity contribution in [2.45, 2.75) is 19.8 Å². The molecule has 6 heteroatoms. The number of nitrogens with zero attached hydrogens (tertiary/aromatic N) is 2. The lowest BCUT2D eigenvalue weighted by Crippen LogP contribution is -2.00. The van der Waals surface area contributed by atoms with Crippen LogP contribution in [-0.2, 0) is 0 Å². The normalized spacial score (nSPS) is 10.6. The second kappa shape index (κ2) is 8.63. The number of hydrogen-bond acceptors (Lipinski definition) is 6. The summed E-state index contributed by atoms with van der Waals surface area (Å²) in [5.41, 5.74) is 1.17. The first-order valence-corrected chi connectivity index (χ1v) is 7.76. The van der Waals surface area contributed by atoms with Crippen LogP contribution in [-0.4, -0.2) is 25.7 Å². The van der Waals surface area contributed by atoms with Gasteiger partial charge in [0.25, 0.3) is 0 Å². The van der Waals surface area contributed by atoms with Crippen LogP contribution in [0.5, 0.6) is 11.5 Å². The molecule has 6 nitrogen and oxygen atoms in total. The fourth-order valence-electron chi connectivity index (χ4n) is 2.11. The zero-order chi connectivity index (χ0) is 17.4. The van der Waals surface area contributed by atoms with E-state index in [1.165, 1.54) is 0 Å². The van der Waals surface area contributed by atoms with Gasteiger partial charge in [-0.05, 0) is 30.2 Å². The summed E-state index contributed by atoms with van der Waals surface area (Å²) in [6.07, 6.45) is 5.62. The molecule has 0 unspecified atom stereocenters. The molecule has 0 amide bonds. The third-order valence-electron chi connectivity index (χ3n) is 3.39. The minimum Gasteiger partial charge on any atom is -0.493 e. The van der Waals surface area contributed by atoms with Crippen molar-refractivity contribution < 1.29 is 13.9 Å². The van der Waals surface area contributed by atoms with Gasteiger partial charge in [-0.3, -0.25) is 0 Å². The summed E-state index contributed by atoms with van der Waals surface area (Å²) in [6.45, 7) is 2.85. The van der Waals surface area contributed by atoms with E-state index in [1.54, 1.807) is 20.3 Å². The Kier molecular flexibility index (Phi) is 6.26. The number of aromatic nitrogens is 1. The van der Waals surface area contributed by atoms with Gasteiger partial charge in [-0.1, -0.05) is 19.4 Å². The van der Waals surface area contributed by atoms with Crippen LogP contribution in [0.15, 0.2) is 22.6 Å². The van der Waals surface area contributed by atoms with E-state index in [2.05, 4.69) is 17.2 Å².